The fraction of sp³-hybridized carbons (Fsp3) is 0.471. The summed E-state index contributed by atoms with van der Waals surface area (Å²) in [5, 5.41) is 3.04. The highest BCUT2D eigenvalue weighted by atomic mass is 35.5. The van der Waals surface area contributed by atoms with Crippen LogP contribution in [0.15, 0.2) is 6.07 Å². The molecule has 0 amide bonds. The van der Waals surface area contributed by atoms with Gasteiger partial charge in [-0.05, 0) is 42.9 Å². The van der Waals surface area contributed by atoms with Crippen molar-refractivity contribution in [2.24, 2.45) is 0 Å². The lowest BCUT2D eigenvalue weighted by atomic mass is 9.96. The topological polar surface area (TPSA) is 12.9 Å². The van der Waals surface area contributed by atoms with Crippen molar-refractivity contribution in [1.82, 2.24) is 4.98 Å². The summed E-state index contributed by atoms with van der Waals surface area (Å²) in [5.41, 5.74) is 2.87. The van der Waals surface area contributed by atoms with Crippen molar-refractivity contribution < 1.29 is 0 Å². The lowest BCUT2D eigenvalue weighted by Gasteiger charge is -2.16. The van der Waals surface area contributed by atoms with Crippen LogP contribution in [0.4, 0.5) is 0 Å². The molecule has 1 aromatic heterocycles. The fourth-order valence-electron chi connectivity index (χ4n) is 2.65. The molecule has 0 fully saturated rings. The predicted octanol–water partition coefficient (Wildman–Crippen LogP) is 7.53. The molecule has 0 aliphatic heterocycles. The molecule has 1 heterocycles. The number of rotatable bonds is 6. The van der Waals surface area contributed by atoms with Gasteiger partial charge in [0.2, 0.25) is 0 Å². The highest BCUT2D eigenvalue weighted by Gasteiger charge is 2.19. The predicted molar refractivity (Wildman–Crippen MR) is 99.0 cm³/mol. The maximum atomic E-state index is 6.47. The molecule has 0 radical (unpaired) electrons. The van der Waals surface area contributed by atoms with Gasteiger partial charge in [0.05, 0.1) is 20.6 Å². The molecule has 0 aliphatic carbocycles. The molecule has 2 rings (SSSR count). The number of hydrogen-bond acceptors (Lipinski definition) is 1. The summed E-state index contributed by atoms with van der Waals surface area (Å²) in [4.78, 5) is 4.41. The Kier molecular flexibility index (Phi) is 6.64. The Morgan fingerprint density at radius 1 is 0.864 bits per heavy atom. The monoisotopic (exact) mass is 377 g/mol. The van der Waals surface area contributed by atoms with Crippen LogP contribution in [0, 0.1) is 0 Å². The van der Waals surface area contributed by atoms with E-state index in [4.69, 9.17) is 46.4 Å². The van der Waals surface area contributed by atoms with Gasteiger partial charge >= 0.3 is 0 Å². The van der Waals surface area contributed by atoms with Crippen molar-refractivity contribution in [2.75, 3.05) is 0 Å². The van der Waals surface area contributed by atoms with Crippen LogP contribution in [0.25, 0.3) is 10.9 Å². The molecule has 1 aromatic carbocycles. The maximum Gasteiger partial charge on any atom is 0.148 e. The van der Waals surface area contributed by atoms with E-state index in [1.807, 2.05) is 0 Å². The molecule has 0 unspecified atom stereocenters. The van der Waals surface area contributed by atoms with E-state index in [2.05, 4.69) is 18.8 Å². The highest BCUT2D eigenvalue weighted by Crippen LogP contribution is 2.40. The molecule has 22 heavy (non-hydrogen) atoms. The molecule has 0 atom stereocenters. The first kappa shape index (κ1) is 18.1. The minimum atomic E-state index is 0.333. The van der Waals surface area contributed by atoms with Crippen molar-refractivity contribution in [3.8, 4) is 0 Å². The number of pyridine rings is 1. The van der Waals surface area contributed by atoms with Gasteiger partial charge < -0.3 is 0 Å². The Morgan fingerprint density at radius 3 is 1.95 bits per heavy atom. The summed E-state index contributed by atoms with van der Waals surface area (Å²) < 4.78 is 0. The van der Waals surface area contributed by atoms with Crippen LogP contribution in [0.1, 0.15) is 50.7 Å². The average molecular weight is 379 g/mol. The lowest BCUT2D eigenvalue weighted by Crippen LogP contribution is -1.99. The quantitative estimate of drug-likeness (QED) is 0.473. The van der Waals surface area contributed by atoms with E-state index in [1.165, 1.54) is 0 Å². The van der Waals surface area contributed by atoms with E-state index in [1.54, 1.807) is 6.07 Å². The van der Waals surface area contributed by atoms with Crippen LogP contribution in [0.3, 0.4) is 0 Å². The van der Waals surface area contributed by atoms with E-state index >= 15 is 0 Å². The lowest BCUT2D eigenvalue weighted by molar-refractivity contribution is 0.789. The molecule has 2 aromatic rings. The summed E-state index contributed by atoms with van der Waals surface area (Å²) in [5.74, 6) is 0. The third kappa shape index (κ3) is 3.64. The van der Waals surface area contributed by atoms with Crippen molar-refractivity contribution in [2.45, 2.75) is 52.4 Å². The first-order chi connectivity index (χ1) is 10.5. The Bertz CT molecular complexity index is 628. The van der Waals surface area contributed by atoms with Crippen molar-refractivity contribution in [3.63, 3.8) is 0 Å². The molecular weight excluding hydrogens is 360 g/mol. The van der Waals surface area contributed by atoms with Gasteiger partial charge in [-0.25, -0.2) is 4.98 Å². The zero-order chi connectivity index (χ0) is 16.3. The molecule has 1 nitrogen and oxygen atoms in total. The summed E-state index contributed by atoms with van der Waals surface area (Å²) in [6.45, 7) is 4.31. The summed E-state index contributed by atoms with van der Waals surface area (Å²) in [7, 11) is 0. The van der Waals surface area contributed by atoms with Gasteiger partial charge in [-0.1, -0.05) is 73.1 Å². The van der Waals surface area contributed by atoms with Gasteiger partial charge in [-0.2, -0.15) is 0 Å². The van der Waals surface area contributed by atoms with Crippen molar-refractivity contribution >= 4 is 57.3 Å². The number of nitrogens with zero attached hydrogens (tertiary/aromatic N) is 1. The van der Waals surface area contributed by atoms with E-state index in [0.717, 1.165) is 60.6 Å². The number of halogens is 4. The number of fused-ring (bicyclic) bond motifs is 1. The van der Waals surface area contributed by atoms with E-state index in [-0.39, 0.29) is 0 Å². The van der Waals surface area contributed by atoms with Gasteiger partial charge in [-0.15, -0.1) is 0 Å². The summed E-state index contributed by atoms with van der Waals surface area (Å²) >= 11 is 25.4. The molecule has 0 N–H and O–H groups in total. The van der Waals surface area contributed by atoms with Crippen molar-refractivity contribution in [3.05, 3.63) is 37.4 Å². The fourth-order valence-corrected chi connectivity index (χ4v) is 3.55. The van der Waals surface area contributed by atoms with Gasteiger partial charge in [0, 0.05) is 5.39 Å². The number of aromatic nitrogens is 1. The van der Waals surface area contributed by atoms with Crippen LogP contribution < -0.4 is 0 Å². The van der Waals surface area contributed by atoms with Gasteiger partial charge in [-0.3, -0.25) is 0 Å². The zero-order valence-corrected chi connectivity index (χ0v) is 15.8. The van der Waals surface area contributed by atoms with E-state index < -0.39 is 0 Å². The SMILES string of the molecule is CCCCc1c(Cl)c(Cl)cc2nc(Cl)c(Cl)c(CCCC)c12. The van der Waals surface area contributed by atoms with Crippen LogP contribution >= 0.6 is 46.4 Å². The molecule has 0 spiro atoms. The third-order valence-corrected chi connectivity index (χ3v) is 5.43. The van der Waals surface area contributed by atoms with Crippen molar-refractivity contribution in [1.29, 1.82) is 0 Å². The number of benzene rings is 1. The molecule has 0 aliphatic rings. The molecule has 120 valence electrons. The molecule has 0 saturated carbocycles. The number of hydrogen-bond donors (Lipinski definition) is 0. The van der Waals surface area contributed by atoms with E-state index in [9.17, 15) is 0 Å². The molecule has 5 heteroatoms. The Hall–Kier alpha value is -0.210. The van der Waals surface area contributed by atoms with E-state index in [0.29, 0.717) is 20.2 Å². The molecular formula is C17H19Cl4N. The number of unbranched alkanes of at least 4 members (excludes halogenated alkanes) is 2. The molecule has 0 bridgehead atoms. The van der Waals surface area contributed by atoms with Crippen LogP contribution in [-0.2, 0) is 12.8 Å². The first-order valence-corrected chi connectivity index (χ1v) is 9.16. The second-order valence-electron chi connectivity index (χ2n) is 5.45. The van der Waals surface area contributed by atoms with Gasteiger partial charge in [0.25, 0.3) is 0 Å². The summed E-state index contributed by atoms with van der Waals surface area (Å²) in [6, 6.07) is 1.78. The highest BCUT2D eigenvalue weighted by molar-refractivity contribution is 6.45. The normalized spacial score (nSPS) is 11.4. The average Bonchev–Trinajstić information content (AvgIpc) is 2.49. The zero-order valence-electron chi connectivity index (χ0n) is 12.8. The Morgan fingerprint density at radius 2 is 1.41 bits per heavy atom. The standard InChI is InChI=1S/C17H19Cl4N/c1-3-5-7-10-14-11(8-6-4-2)16(20)17(21)22-13(14)9-12(18)15(10)19/h9H,3-8H2,1-2H3. The maximum absolute atomic E-state index is 6.47. The smallest absolute Gasteiger partial charge is 0.148 e. The van der Waals surface area contributed by atoms with Crippen LogP contribution in [0.5, 0.6) is 0 Å². The summed E-state index contributed by atoms with van der Waals surface area (Å²) in [6.07, 6.45) is 5.99. The Labute approximate surface area is 151 Å². The van der Waals surface area contributed by atoms with Crippen LogP contribution in [-0.4, -0.2) is 4.98 Å². The van der Waals surface area contributed by atoms with Gasteiger partial charge in [0.1, 0.15) is 5.15 Å². The Balaban J connectivity index is 2.77. The van der Waals surface area contributed by atoms with Gasteiger partial charge in [0.15, 0.2) is 0 Å². The third-order valence-electron chi connectivity index (χ3n) is 3.82. The second-order valence-corrected chi connectivity index (χ2v) is 6.97. The largest absolute Gasteiger partial charge is 0.234 e. The minimum absolute atomic E-state index is 0.333. The first-order valence-electron chi connectivity index (χ1n) is 7.65. The second kappa shape index (κ2) is 8.06. The molecule has 0 saturated heterocycles. The minimum Gasteiger partial charge on any atom is -0.234 e. The van der Waals surface area contributed by atoms with Crippen LogP contribution in [0.2, 0.25) is 20.2 Å². The number of aryl methyl sites for hydroxylation is 2.